The molecule has 0 saturated heterocycles. The molecule has 0 fully saturated rings. The third kappa shape index (κ3) is 3.49. The molecule has 0 amide bonds. The highest BCUT2D eigenvalue weighted by atomic mass is 16.4. The van der Waals surface area contributed by atoms with Gasteiger partial charge < -0.3 is 15.1 Å². The Morgan fingerprint density at radius 1 is 1.19 bits per heavy atom. The number of anilines is 1. The number of aromatic nitrogens is 1. The van der Waals surface area contributed by atoms with Gasteiger partial charge in [0.2, 0.25) is 0 Å². The van der Waals surface area contributed by atoms with Crippen LogP contribution in [0.5, 0.6) is 0 Å². The molecule has 2 aromatic rings. The molecule has 0 saturated carbocycles. The lowest BCUT2D eigenvalue weighted by atomic mass is 10.1. The van der Waals surface area contributed by atoms with Crippen molar-refractivity contribution in [1.29, 1.82) is 0 Å². The maximum absolute atomic E-state index is 11.3. The molecule has 5 nitrogen and oxygen atoms in total. The number of unbranched alkanes of at least 4 members (excludes halogenated alkanes) is 2. The fourth-order valence-electron chi connectivity index (χ4n) is 2.40. The lowest BCUT2D eigenvalue weighted by Gasteiger charge is -2.20. The van der Waals surface area contributed by atoms with Gasteiger partial charge in [-0.15, -0.1) is 0 Å². The van der Waals surface area contributed by atoms with E-state index in [1.54, 1.807) is 0 Å². The van der Waals surface area contributed by atoms with Gasteiger partial charge in [-0.25, -0.2) is 9.78 Å². The van der Waals surface area contributed by atoms with Crippen LogP contribution in [0.1, 0.15) is 29.6 Å². The molecule has 2 N–H and O–H groups in total. The molecule has 0 aliphatic heterocycles. The summed E-state index contributed by atoms with van der Waals surface area (Å²) in [7, 11) is 1.95. The van der Waals surface area contributed by atoms with Gasteiger partial charge in [0, 0.05) is 37.2 Å². The number of fused-ring (bicyclic) bond motifs is 1. The second-order valence-corrected chi connectivity index (χ2v) is 5.05. The van der Waals surface area contributed by atoms with Gasteiger partial charge in [0.05, 0.1) is 5.56 Å². The van der Waals surface area contributed by atoms with Crippen molar-refractivity contribution in [1.82, 2.24) is 4.98 Å². The Kier molecular flexibility index (Phi) is 5.11. The zero-order chi connectivity index (χ0) is 15.2. The molecule has 1 aromatic carbocycles. The Bertz CT molecular complexity index is 628. The summed E-state index contributed by atoms with van der Waals surface area (Å²) >= 11 is 0. The third-order valence-electron chi connectivity index (χ3n) is 3.52. The zero-order valence-corrected chi connectivity index (χ0v) is 12.1. The van der Waals surface area contributed by atoms with Gasteiger partial charge >= 0.3 is 5.97 Å². The Morgan fingerprint density at radius 3 is 2.57 bits per heavy atom. The minimum Gasteiger partial charge on any atom is -0.478 e. The fourth-order valence-corrected chi connectivity index (χ4v) is 2.40. The van der Waals surface area contributed by atoms with Crippen LogP contribution in [0.2, 0.25) is 0 Å². The summed E-state index contributed by atoms with van der Waals surface area (Å²) in [6.07, 6.45) is 4.16. The second kappa shape index (κ2) is 7.04. The first-order valence-corrected chi connectivity index (χ1v) is 7.08. The third-order valence-corrected chi connectivity index (χ3v) is 3.52. The van der Waals surface area contributed by atoms with Crippen molar-refractivity contribution in [3.63, 3.8) is 0 Å². The van der Waals surface area contributed by atoms with E-state index in [1.807, 2.05) is 36.2 Å². The molecular weight excluding hydrogens is 268 g/mol. The number of carboxylic acid groups (broad SMARTS) is 1. The summed E-state index contributed by atoms with van der Waals surface area (Å²) in [6, 6.07) is 7.43. The van der Waals surface area contributed by atoms with Crippen molar-refractivity contribution in [3.8, 4) is 0 Å². The Labute approximate surface area is 123 Å². The molecule has 2 rings (SSSR count). The average molecular weight is 288 g/mol. The van der Waals surface area contributed by atoms with Crippen molar-refractivity contribution >= 4 is 22.6 Å². The highest BCUT2D eigenvalue weighted by Gasteiger charge is 2.14. The van der Waals surface area contributed by atoms with Crippen molar-refractivity contribution in [2.75, 3.05) is 25.1 Å². The van der Waals surface area contributed by atoms with Crippen LogP contribution in [0, 0.1) is 0 Å². The molecule has 0 aliphatic carbocycles. The summed E-state index contributed by atoms with van der Waals surface area (Å²) in [4.78, 5) is 17.6. The SMILES string of the molecule is CN(CCCCCO)c1ncc(C(=O)O)c2ccccc12. The number of carboxylic acids is 1. The van der Waals surface area contributed by atoms with E-state index < -0.39 is 5.97 Å². The van der Waals surface area contributed by atoms with Crippen LogP contribution in [0.15, 0.2) is 30.5 Å². The first-order valence-electron chi connectivity index (χ1n) is 7.08. The lowest BCUT2D eigenvalue weighted by molar-refractivity contribution is 0.0698. The van der Waals surface area contributed by atoms with Crippen molar-refractivity contribution in [3.05, 3.63) is 36.0 Å². The number of aliphatic hydroxyl groups excluding tert-OH is 1. The maximum Gasteiger partial charge on any atom is 0.337 e. The van der Waals surface area contributed by atoms with Crippen LogP contribution >= 0.6 is 0 Å². The summed E-state index contributed by atoms with van der Waals surface area (Å²) in [5.74, 6) is -0.171. The van der Waals surface area contributed by atoms with Gasteiger partial charge in [0.15, 0.2) is 0 Å². The molecule has 5 heteroatoms. The number of nitrogens with zero attached hydrogens (tertiary/aromatic N) is 2. The van der Waals surface area contributed by atoms with E-state index in [1.165, 1.54) is 6.20 Å². The number of rotatable bonds is 7. The van der Waals surface area contributed by atoms with Crippen LogP contribution in [-0.4, -0.2) is 41.4 Å². The predicted molar refractivity (Wildman–Crippen MR) is 82.9 cm³/mol. The molecule has 0 aliphatic rings. The highest BCUT2D eigenvalue weighted by molar-refractivity contribution is 6.06. The average Bonchev–Trinajstić information content (AvgIpc) is 2.50. The standard InChI is InChI=1S/C16H20N2O3/c1-18(9-5-2-6-10-19)15-13-8-4-3-7-12(13)14(11-17-15)16(20)21/h3-4,7-8,11,19H,2,5-6,9-10H2,1H3,(H,20,21). The Morgan fingerprint density at radius 2 is 1.90 bits per heavy atom. The van der Waals surface area contributed by atoms with Crippen molar-refractivity contribution < 1.29 is 15.0 Å². The monoisotopic (exact) mass is 288 g/mol. The van der Waals surface area contributed by atoms with Crippen molar-refractivity contribution in [2.45, 2.75) is 19.3 Å². The van der Waals surface area contributed by atoms with E-state index in [2.05, 4.69) is 4.98 Å². The van der Waals surface area contributed by atoms with E-state index in [4.69, 9.17) is 5.11 Å². The molecule has 0 spiro atoms. The van der Waals surface area contributed by atoms with Gasteiger partial charge in [-0.05, 0) is 19.3 Å². The molecule has 1 aromatic heterocycles. The van der Waals surface area contributed by atoms with Gasteiger partial charge in [-0.2, -0.15) is 0 Å². The minimum absolute atomic E-state index is 0.220. The normalized spacial score (nSPS) is 10.8. The van der Waals surface area contributed by atoms with Gasteiger partial charge in [-0.3, -0.25) is 0 Å². The van der Waals surface area contributed by atoms with Crippen LogP contribution in [0.4, 0.5) is 5.82 Å². The zero-order valence-electron chi connectivity index (χ0n) is 12.1. The molecule has 0 bridgehead atoms. The number of pyridine rings is 1. The quantitative estimate of drug-likeness (QED) is 0.766. The minimum atomic E-state index is -0.962. The van der Waals surface area contributed by atoms with Crippen LogP contribution in [0.25, 0.3) is 10.8 Å². The number of hydrogen-bond donors (Lipinski definition) is 2. The summed E-state index contributed by atoms with van der Waals surface area (Å²) in [5.41, 5.74) is 0.225. The van der Waals surface area contributed by atoms with Crippen molar-refractivity contribution in [2.24, 2.45) is 0 Å². The van der Waals surface area contributed by atoms with Gasteiger partial charge in [0.25, 0.3) is 0 Å². The number of carbonyl (C=O) groups is 1. The molecule has 112 valence electrons. The lowest BCUT2D eigenvalue weighted by Crippen LogP contribution is -2.20. The predicted octanol–water partition coefficient (Wildman–Crippen LogP) is 2.53. The molecule has 0 atom stereocenters. The number of benzene rings is 1. The van der Waals surface area contributed by atoms with Crippen LogP contribution in [0.3, 0.4) is 0 Å². The summed E-state index contributed by atoms with van der Waals surface area (Å²) in [6.45, 7) is 1.04. The Hall–Kier alpha value is -2.14. The molecule has 0 unspecified atom stereocenters. The van der Waals surface area contributed by atoms with Gasteiger partial charge in [0.1, 0.15) is 5.82 Å². The maximum atomic E-state index is 11.3. The molecule has 1 heterocycles. The van der Waals surface area contributed by atoms with E-state index >= 15 is 0 Å². The molecule has 0 radical (unpaired) electrons. The first kappa shape index (κ1) is 15.3. The first-order chi connectivity index (χ1) is 10.1. The number of aliphatic hydroxyl groups is 1. The van der Waals surface area contributed by atoms with E-state index in [9.17, 15) is 9.90 Å². The van der Waals surface area contributed by atoms with Crippen LogP contribution in [-0.2, 0) is 0 Å². The van der Waals surface area contributed by atoms with Gasteiger partial charge in [-0.1, -0.05) is 24.3 Å². The summed E-state index contributed by atoms with van der Waals surface area (Å²) < 4.78 is 0. The summed E-state index contributed by atoms with van der Waals surface area (Å²) in [5, 5.41) is 19.6. The molecular formula is C16H20N2O3. The smallest absolute Gasteiger partial charge is 0.337 e. The Balaban J connectivity index is 2.28. The fraction of sp³-hybridized carbons (Fsp3) is 0.375. The highest BCUT2D eigenvalue weighted by Crippen LogP contribution is 2.26. The van der Waals surface area contributed by atoms with E-state index in [-0.39, 0.29) is 12.2 Å². The second-order valence-electron chi connectivity index (χ2n) is 5.05. The number of hydrogen-bond acceptors (Lipinski definition) is 4. The van der Waals surface area contributed by atoms with Crippen LogP contribution < -0.4 is 4.90 Å². The van der Waals surface area contributed by atoms with E-state index in [0.29, 0.717) is 5.39 Å². The largest absolute Gasteiger partial charge is 0.478 e. The molecule has 21 heavy (non-hydrogen) atoms. The number of aromatic carboxylic acids is 1. The topological polar surface area (TPSA) is 73.7 Å². The van der Waals surface area contributed by atoms with E-state index in [0.717, 1.165) is 37.0 Å².